The van der Waals surface area contributed by atoms with Crippen molar-refractivity contribution in [3.05, 3.63) is 21.9 Å². The quantitative estimate of drug-likeness (QED) is 0.790. The van der Waals surface area contributed by atoms with Gasteiger partial charge >= 0.3 is 0 Å². The number of halogens is 2. The van der Waals surface area contributed by atoms with E-state index in [0.717, 1.165) is 6.42 Å². The Kier molecular flexibility index (Phi) is 3.37. The summed E-state index contributed by atoms with van der Waals surface area (Å²) in [5.74, 6) is 0.277. The zero-order valence-corrected chi connectivity index (χ0v) is 10.7. The van der Waals surface area contributed by atoms with Crippen molar-refractivity contribution in [1.82, 2.24) is 10.2 Å². The van der Waals surface area contributed by atoms with Crippen molar-refractivity contribution in [3.8, 4) is 0 Å². The molecule has 1 aromatic heterocycles. The number of hydrogen-bond donors (Lipinski definition) is 0. The maximum Gasteiger partial charge on any atom is 0.170 e. The Bertz CT molecular complexity index is 504. The lowest BCUT2D eigenvalue weighted by atomic mass is 10.0. The first-order valence-corrected chi connectivity index (χ1v) is 7.45. The molecule has 7 heteroatoms. The Morgan fingerprint density at radius 1 is 1.31 bits per heavy atom. The first-order valence-electron chi connectivity index (χ1n) is 4.87. The van der Waals surface area contributed by atoms with Crippen LogP contribution in [-0.4, -0.2) is 30.1 Å². The molecule has 1 aliphatic rings. The molecule has 0 amide bonds. The predicted molar refractivity (Wildman–Crippen MR) is 62.7 cm³/mol. The molecule has 0 aliphatic carbocycles. The largest absolute Gasteiger partial charge is 0.229 e. The number of aromatic nitrogens is 2. The van der Waals surface area contributed by atoms with Gasteiger partial charge in [0.25, 0.3) is 0 Å². The highest BCUT2D eigenvalue weighted by atomic mass is 35.5. The van der Waals surface area contributed by atoms with Crippen LogP contribution in [0.5, 0.6) is 0 Å². The van der Waals surface area contributed by atoms with Crippen molar-refractivity contribution in [2.75, 3.05) is 11.5 Å². The molecule has 1 aliphatic heterocycles. The Balaban J connectivity index is 2.27. The highest BCUT2D eigenvalue weighted by molar-refractivity contribution is 7.91. The van der Waals surface area contributed by atoms with Crippen LogP contribution >= 0.6 is 23.2 Å². The second kappa shape index (κ2) is 4.47. The van der Waals surface area contributed by atoms with E-state index in [1.54, 1.807) is 6.07 Å². The summed E-state index contributed by atoms with van der Waals surface area (Å²) < 4.78 is 23.0. The third kappa shape index (κ3) is 2.64. The Hall–Kier alpha value is -0.390. The summed E-state index contributed by atoms with van der Waals surface area (Å²) in [7, 11) is -2.95. The number of sulfone groups is 1. The van der Waals surface area contributed by atoms with Crippen LogP contribution in [-0.2, 0) is 9.84 Å². The number of rotatable bonds is 1. The van der Waals surface area contributed by atoms with Gasteiger partial charge in [-0.25, -0.2) is 8.42 Å². The standard InChI is InChI=1S/C9H10Cl2N2O2S/c10-7-4-8(12-13-9(7)11)6-2-1-3-16(14,15)5-6/h4,6H,1-3,5H2. The van der Waals surface area contributed by atoms with E-state index in [1.165, 1.54) is 0 Å². The van der Waals surface area contributed by atoms with Gasteiger partial charge in [-0.05, 0) is 18.9 Å². The predicted octanol–water partition coefficient (Wildman–Crippen LogP) is 2.08. The van der Waals surface area contributed by atoms with Crippen molar-refractivity contribution < 1.29 is 8.42 Å². The van der Waals surface area contributed by atoms with Gasteiger partial charge in [-0.15, -0.1) is 5.10 Å². The van der Waals surface area contributed by atoms with E-state index < -0.39 is 9.84 Å². The van der Waals surface area contributed by atoms with Crippen LogP contribution in [0.1, 0.15) is 24.5 Å². The lowest BCUT2D eigenvalue weighted by Gasteiger charge is -2.20. The summed E-state index contributed by atoms with van der Waals surface area (Å²) in [5.41, 5.74) is 0.609. The van der Waals surface area contributed by atoms with Gasteiger partial charge in [0.15, 0.2) is 15.0 Å². The minimum atomic E-state index is -2.95. The lowest BCUT2D eigenvalue weighted by Crippen LogP contribution is -2.24. The molecular weight excluding hydrogens is 271 g/mol. The van der Waals surface area contributed by atoms with Gasteiger partial charge in [0.2, 0.25) is 0 Å². The minimum absolute atomic E-state index is 0.110. The van der Waals surface area contributed by atoms with E-state index in [9.17, 15) is 8.42 Å². The molecule has 1 fully saturated rings. The smallest absolute Gasteiger partial charge is 0.170 e. The second-order valence-electron chi connectivity index (χ2n) is 3.86. The molecule has 4 nitrogen and oxygen atoms in total. The highest BCUT2D eigenvalue weighted by Crippen LogP contribution is 2.29. The number of hydrogen-bond acceptors (Lipinski definition) is 4. The zero-order chi connectivity index (χ0) is 11.8. The molecule has 88 valence electrons. The molecule has 1 atom stereocenters. The fraction of sp³-hybridized carbons (Fsp3) is 0.556. The Morgan fingerprint density at radius 2 is 2.06 bits per heavy atom. The molecule has 2 heterocycles. The summed E-state index contributed by atoms with van der Waals surface area (Å²) in [4.78, 5) is 0. The van der Waals surface area contributed by atoms with Crippen molar-refractivity contribution in [3.63, 3.8) is 0 Å². The van der Waals surface area contributed by atoms with Gasteiger partial charge in [0, 0.05) is 5.92 Å². The van der Waals surface area contributed by atoms with Crippen molar-refractivity contribution in [2.24, 2.45) is 0 Å². The maximum absolute atomic E-state index is 11.5. The molecule has 0 N–H and O–H groups in total. The van der Waals surface area contributed by atoms with Crippen LogP contribution < -0.4 is 0 Å². The normalized spacial score (nSPS) is 24.2. The van der Waals surface area contributed by atoms with Gasteiger partial charge in [-0.2, -0.15) is 5.10 Å². The summed E-state index contributed by atoms with van der Waals surface area (Å²) in [6.45, 7) is 0. The molecule has 1 aromatic rings. The van der Waals surface area contributed by atoms with Gasteiger partial charge in [0.05, 0.1) is 22.2 Å². The first kappa shape index (κ1) is 12.1. The monoisotopic (exact) mass is 280 g/mol. The molecule has 1 unspecified atom stereocenters. The van der Waals surface area contributed by atoms with Crippen molar-refractivity contribution in [1.29, 1.82) is 0 Å². The van der Waals surface area contributed by atoms with E-state index in [0.29, 0.717) is 17.1 Å². The molecule has 16 heavy (non-hydrogen) atoms. The van der Waals surface area contributed by atoms with Crippen LogP contribution in [0, 0.1) is 0 Å². The maximum atomic E-state index is 11.5. The average molecular weight is 281 g/mol. The topological polar surface area (TPSA) is 59.9 Å². The van der Waals surface area contributed by atoms with E-state index >= 15 is 0 Å². The van der Waals surface area contributed by atoms with Crippen LogP contribution in [0.2, 0.25) is 10.2 Å². The highest BCUT2D eigenvalue weighted by Gasteiger charge is 2.27. The summed E-state index contributed by atoms with van der Waals surface area (Å²) in [6, 6.07) is 1.60. The second-order valence-corrected chi connectivity index (χ2v) is 6.86. The molecule has 0 aromatic carbocycles. The Morgan fingerprint density at radius 3 is 2.69 bits per heavy atom. The van der Waals surface area contributed by atoms with Crippen LogP contribution in [0.25, 0.3) is 0 Å². The van der Waals surface area contributed by atoms with Crippen LogP contribution in [0.3, 0.4) is 0 Å². The SMILES string of the molecule is O=S1(=O)CCCC(c2cc(Cl)c(Cl)nn2)C1. The fourth-order valence-electron chi connectivity index (χ4n) is 1.82. The van der Waals surface area contributed by atoms with Crippen molar-refractivity contribution in [2.45, 2.75) is 18.8 Å². The van der Waals surface area contributed by atoms with E-state index in [1.807, 2.05) is 0 Å². The van der Waals surface area contributed by atoms with Crippen LogP contribution in [0.4, 0.5) is 0 Å². The summed E-state index contributed by atoms with van der Waals surface area (Å²) >= 11 is 11.5. The third-order valence-corrected chi connectivity index (χ3v) is 5.09. The molecule has 1 saturated heterocycles. The van der Waals surface area contributed by atoms with E-state index in [-0.39, 0.29) is 22.6 Å². The molecular formula is C9H10Cl2N2O2S. The third-order valence-electron chi connectivity index (χ3n) is 2.61. The van der Waals surface area contributed by atoms with Gasteiger partial charge < -0.3 is 0 Å². The minimum Gasteiger partial charge on any atom is -0.229 e. The van der Waals surface area contributed by atoms with Crippen LogP contribution in [0.15, 0.2) is 6.07 Å². The molecule has 0 spiro atoms. The molecule has 0 radical (unpaired) electrons. The molecule has 2 rings (SSSR count). The average Bonchev–Trinajstić information content (AvgIpc) is 2.20. The summed E-state index contributed by atoms with van der Waals surface area (Å²) in [5, 5.41) is 8.04. The Labute approximate surface area is 104 Å². The van der Waals surface area contributed by atoms with Gasteiger partial charge in [-0.3, -0.25) is 0 Å². The lowest BCUT2D eigenvalue weighted by molar-refractivity contribution is 0.547. The van der Waals surface area contributed by atoms with E-state index in [2.05, 4.69) is 10.2 Å². The number of nitrogens with zero attached hydrogens (tertiary/aromatic N) is 2. The zero-order valence-electron chi connectivity index (χ0n) is 8.36. The first-order chi connectivity index (χ1) is 7.48. The molecule has 0 saturated carbocycles. The van der Waals surface area contributed by atoms with Crippen molar-refractivity contribution >= 4 is 33.0 Å². The van der Waals surface area contributed by atoms with Gasteiger partial charge in [-0.1, -0.05) is 23.2 Å². The fourth-order valence-corrected chi connectivity index (χ4v) is 3.79. The molecule has 0 bridgehead atoms. The summed E-state index contributed by atoms with van der Waals surface area (Å²) in [6.07, 6.45) is 1.46. The van der Waals surface area contributed by atoms with Gasteiger partial charge in [0.1, 0.15) is 0 Å². The van der Waals surface area contributed by atoms with E-state index in [4.69, 9.17) is 23.2 Å².